The molecule has 2 aromatic rings. The molecule has 0 fully saturated rings. The number of nitrogens with one attached hydrogen (secondary N) is 1. The van der Waals surface area contributed by atoms with Gasteiger partial charge in [0.05, 0.1) is 18.5 Å². The molecule has 0 aliphatic rings. The van der Waals surface area contributed by atoms with Gasteiger partial charge in [-0.05, 0) is 36.7 Å². The molecule has 1 N–H and O–H groups in total. The van der Waals surface area contributed by atoms with Crippen molar-refractivity contribution in [3.05, 3.63) is 33.8 Å². The van der Waals surface area contributed by atoms with Gasteiger partial charge in [0, 0.05) is 5.02 Å². The van der Waals surface area contributed by atoms with E-state index in [9.17, 15) is 9.59 Å². The van der Waals surface area contributed by atoms with Crippen molar-refractivity contribution in [2.45, 2.75) is 6.92 Å². The minimum absolute atomic E-state index is 0.271. The van der Waals surface area contributed by atoms with Gasteiger partial charge in [0.1, 0.15) is 5.75 Å². The van der Waals surface area contributed by atoms with Gasteiger partial charge in [-0.15, -0.1) is 5.10 Å². The Morgan fingerprint density at radius 1 is 1.41 bits per heavy atom. The molecule has 0 saturated carbocycles. The van der Waals surface area contributed by atoms with Crippen molar-refractivity contribution < 1.29 is 19.1 Å². The molecule has 1 heterocycles. The van der Waals surface area contributed by atoms with Crippen LogP contribution in [0.5, 0.6) is 5.75 Å². The molecule has 0 unspecified atom stereocenters. The first-order valence-electron chi connectivity index (χ1n) is 6.10. The molecule has 7 nitrogen and oxygen atoms in total. The summed E-state index contributed by atoms with van der Waals surface area (Å²) in [7, 11) is 1.47. The van der Waals surface area contributed by atoms with Crippen molar-refractivity contribution in [2.75, 3.05) is 19.0 Å². The zero-order valence-corrected chi connectivity index (χ0v) is 13.3. The van der Waals surface area contributed by atoms with Gasteiger partial charge >= 0.3 is 5.97 Å². The highest BCUT2D eigenvalue weighted by Gasteiger charge is 2.16. The van der Waals surface area contributed by atoms with Gasteiger partial charge in [-0.25, -0.2) is 4.79 Å². The maximum atomic E-state index is 11.8. The van der Waals surface area contributed by atoms with Crippen LogP contribution in [0.2, 0.25) is 5.02 Å². The second kappa shape index (κ2) is 7.19. The number of rotatable bonds is 5. The predicted octanol–water partition coefficient (Wildman–Crippen LogP) is 2.30. The summed E-state index contributed by atoms with van der Waals surface area (Å²) in [5.41, 5.74) is 0.860. The molecule has 1 aromatic heterocycles. The number of esters is 1. The van der Waals surface area contributed by atoms with Crippen molar-refractivity contribution in [1.82, 2.24) is 9.59 Å². The number of carbonyl (C=O) groups is 2. The topological polar surface area (TPSA) is 90.4 Å². The number of benzene rings is 1. The number of aromatic nitrogens is 2. The number of ether oxygens (including phenoxy) is 2. The van der Waals surface area contributed by atoms with E-state index in [0.717, 1.165) is 11.5 Å². The number of hydrogen-bond donors (Lipinski definition) is 1. The monoisotopic (exact) mass is 341 g/mol. The normalized spacial score (nSPS) is 10.1. The van der Waals surface area contributed by atoms with Crippen molar-refractivity contribution in [3.63, 3.8) is 0 Å². The zero-order valence-electron chi connectivity index (χ0n) is 11.8. The minimum Gasteiger partial charge on any atom is -0.495 e. The quantitative estimate of drug-likeness (QED) is 0.839. The van der Waals surface area contributed by atoms with Gasteiger partial charge < -0.3 is 14.8 Å². The number of aryl methyl sites for hydroxylation is 1. The van der Waals surface area contributed by atoms with Crippen LogP contribution in [0, 0.1) is 6.92 Å². The summed E-state index contributed by atoms with van der Waals surface area (Å²) in [4.78, 5) is 23.9. The molecule has 0 radical (unpaired) electrons. The van der Waals surface area contributed by atoms with Crippen molar-refractivity contribution in [1.29, 1.82) is 0 Å². The summed E-state index contributed by atoms with van der Waals surface area (Å²) < 4.78 is 13.6. The molecule has 0 atom stereocenters. The van der Waals surface area contributed by atoms with E-state index in [4.69, 9.17) is 21.1 Å². The average Bonchev–Trinajstić information content (AvgIpc) is 2.91. The molecule has 9 heteroatoms. The maximum absolute atomic E-state index is 11.8. The molecule has 116 valence electrons. The minimum atomic E-state index is -0.638. The molecule has 0 bridgehead atoms. The van der Waals surface area contributed by atoms with E-state index in [-0.39, 0.29) is 4.88 Å². The number of carbonyl (C=O) groups excluding carboxylic acids is 2. The Morgan fingerprint density at radius 2 is 2.18 bits per heavy atom. The lowest BCUT2D eigenvalue weighted by Gasteiger charge is -2.10. The molecule has 2 rings (SSSR count). The second-order valence-corrected chi connectivity index (χ2v) is 5.35. The fourth-order valence-electron chi connectivity index (χ4n) is 1.58. The predicted molar refractivity (Wildman–Crippen MR) is 81.6 cm³/mol. The smallest absolute Gasteiger partial charge is 0.352 e. The first-order chi connectivity index (χ1) is 10.5. The fraction of sp³-hybridized carbons (Fsp3) is 0.231. The van der Waals surface area contributed by atoms with Gasteiger partial charge in [0.15, 0.2) is 11.5 Å². The standard InChI is InChI=1S/C13H12ClN3O4S/c1-7-12(22-17-16-7)13(19)21-6-11(18)15-9-5-8(14)3-4-10(9)20-2/h3-5H,6H2,1-2H3,(H,15,18). The molecule has 1 amide bonds. The Bertz CT molecular complexity index is 704. The summed E-state index contributed by atoms with van der Waals surface area (Å²) in [6.45, 7) is 1.20. The first kappa shape index (κ1) is 16.2. The molecule has 0 aliphatic carbocycles. The summed E-state index contributed by atoms with van der Waals surface area (Å²) in [5, 5.41) is 6.71. The molecule has 0 spiro atoms. The number of halogens is 1. The summed E-state index contributed by atoms with van der Waals surface area (Å²) >= 11 is 6.78. The molecule has 0 saturated heterocycles. The van der Waals surface area contributed by atoms with Crippen LogP contribution in [0.3, 0.4) is 0 Å². The summed E-state index contributed by atoms with van der Waals surface area (Å²) in [5.74, 6) is -0.698. The number of anilines is 1. The molecule has 22 heavy (non-hydrogen) atoms. The first-order valence-corrected chi connectivity index (χ1v) is 7.26. The summed E-state index contributed by atoms with van der Waals surface area (Å²) in [6, 6.07) is 4.79. The second-order valence-electron chi connectivity index (χ2n) is 4.16. The molecule has 1 aromatic carbocycles. The van der Waals surface area contributed by atoms with E-state index in [1.54, 1.807) is 19.1 Å². The third kappa shape index (κ3) is 3.92. The Kier molecular flexibility index (Phi) is 5.29. The van der Waals surface area contributed by atoms with Crippen molar-refractivity contribution in [2.24, 2.45) is 0 Å². The average molecular weight is 342 g/mol. The van der Waals surface area contributed by atoms with Crippen LogP contribution in [0.15, 0.2) is 18.2 Å². The van der Waals surface area contributed by atoms with E-state index >= 15 is 0 Å². The number of methoxy groups -OCH3 is 1. The van der Waals surface area contributed by atoms with Crippen LogP contribution in [0.4, 0.5) is 5.69 Å². The zero-order chi connectivity index (χ0) is 16.1. The van der Waals surface area contributed by atoms with Crippen LogP contribution < -0.4 is 10.1 Å². The summed E-state index contributed by atoms with van der Waals surface area (Å²) in [6.07, 6.45) is 0. The highest BCUT2D eigenvalue weighted by Crippen LogP contribution is 2.27. The van der Waals surface area contributed by atoms with Crippen LogP contribution in [0.1, 0.15) is 15.4 Å². The Hall–Kier alpha value is -2.19. The number of amides is 1. The Morgan fingerprint density at radius 3 is 2.82 bits per heavy atom. The fourth-order valence-corrected chi connectivity index (χ4v) is 2.30. The third-order valence-electron chi connectivity index (χ3n) is 2.61. The van der Waals surface area contributed by atoms with Crippen LogP contribution in [-0.4, -0.2) is 35.2 Å². The van der Waals surface area contributed by atoms with Gasteiger partial charge in [0.2, 0.25) is 0 Å². The molecular weight excluding hydrogens is 330 g/mol. The van der Waals surface area contributed by atoms with E-state index in [1.807, 2.05) is 0 Å². The van der Waals surface area contributed by atoms with Crippen molar-refractivity contribution >= 4 is 40.7 Å². The third-order valence-corrected chi connectivity index (χ3v) is 3.65. The molecular formula is C13H12ClN3O4S. The van der Waals surface area contributed by atoms with Gasteiger partial charge in [-0.3, -0.25) is 4.79 Å². The van der Waals surface area contributed by atoms with Crippen LogP contribution >= 0.6 is 23.1 Å². The van der Waals surface area contributed by atoms with E-state index in [1.165, 1.54) is 13.2 Å². The van der Waals surface area contributed by atoms with Crippen molar-refractivity contribution in [3.8, 4) is 5.75 Å². The lowest BCUT2D eigenvalue weighted by Crippen LogP contribution is -2.21. The lowest BCUT2D eigenvalue weighted by atomic mass is 10.3. The Balaban J connectivity index is 1.95. The lowest BCUT2D eigenvalue weighted by molar-refractivity contribution is -0.119. The van der Waals surface area contributed by atoms with Gasteiger partial charge in [0.25, 0.3) is 5.91 Å². The molecule has 0 aliphatic heterocycles. The van der Waals surface area contributed by atoms with Gasteiger partial charge in [-0.2, -0.15) is 0 Å². The van der Waals surface area contributed by atoms with Crippen LogP contribution in [0.25, 0.3) is 0 Å². The van der Waals surface area contributed by atoms with E-state index in [0.29, 0.717) is 22.2 Å². The van der Waals surface area contributed by atoms with Gasteiger partial charge in [-0.1, -0.05) is 16.1 Å². The SMILES string of the molecule is COc1ccc(Cl)cc1NC(=O)COC(=O)c1snnc1C. The number of nitrogens with zero attached hydrogens (tertiary/aromatic N) is 2. The largest absolute Gasteiger partial charge is 0.495 e. The van der Waals surface area contributed by atoms with E-state index < -0.39 is 18.5 Å². The van der Waals surface area contributed by atoms with E-state index in [2.05, 4.69) is 14.9 Å². The number of hydrogen-bond acceptors (Lipinski definition) is 7. The maximum Gasteiger partial charge on any atom is 0.352 e. The highest BCUT2D eigenvalue weighted by atomic mass is 35.5. The Labute approximate surface area is 135 Å². The highest BCUT2D eigenvalue weighted by molar-refractivity contribution is 7.07. The van der Waals surface area contributed by atoms with Crippen LogP contribution in [-0.2, 0) is 9.53 Å².